The average Bonchev–Trinajstić information content (AvgIpc) is 2.85. The molecular weight excluding hydrogens is 300 g/mol. The van der Waals surface area contributed by atoms with E-state index in [9.17, 15) is 0 Å². The molecule has 4 heteroatoms. The summed E-state index contributed by atoms with van der Waals surface area (Å²) in [6, 6.07) is 8.39. The first-order valence-electron chi connectivity index (χ1n) is 7.87. The lowest BCUT2D eigenvalue weighted by Gasteiger charge is -2.31. The standard InChI is InChI=1S/C17H23ClN2S/c1-2-20-9-7-13(8-10-20)11-19-12-16-17(18)14-5-3-4-6-15(14)21-16/h3-6,13,19H,2,7-12H2,1H3. The SMILES string of the molecule is CCN1CCC(CNCc2sc3ccccc3c2Cl)CC1. The van der Waals surface area contributed by atoms with Crippen molar-refractivity contribution in [3.8, 4) is 0 Å². The minimum absolute atomic E-state index is 0.820. The molecule has 1 saturated heterocycles. The van der Waals surface area contributed by atoms with E-state index < -0.39 is 0 Å². The molecule has 21 heavy (non-hydrogen) atoms. The first-order chi connectivity index (χ1) is 10.3. The van der Waals surface area contributed by atoms with Crippen LogP contribution in [0.15, 0.2) is 24.3 Å². The zero-order valence-electron chi connectivity index (χ0n) is 12.6. The number of nitrogens with zero attached hydrogens (tertiary/aromatic N) is 1. The third-order valence-corrected chi connectivity index (χ3v) is 6.19. The van der Waals surface area contributed by atoms with Crippen molar-refractivity contribution in [3.63, 3.8) is 0 Å². The van der Waals surface area contributed by atoms with Crippen LogP contribution in [0.5, 0.6) is 0 Å². The van der Waals surface area contributed by atoms with E-state index in [0.29, 0.717) is 0 Å². The van der Waals surface area contributed by atoms with Gasteiger partial charge in [0.15, 0.2) is 0 Å². The van der Waals surface area contributed by atoms with Crippen molar-refractivity contribution in [1.29, 1.82) is 0 Å². The van der Waals surface area contributed by atoms with Crippen LogP contribution in [0.25, 0.3) is 10.1 Å². The topological polar surface area (TPSA) is 15.3 Å². The van der Waals surface area contributed by atoms with E-state index in [1.165, 1.54) is 47.4 Å². The Morgan fingerprint density at radius 1 is 1.29 bits per heavy atom. The number of nitrogens with one attached hydrogen (secondary N) is 1. The van der Waals surface area contributed by atoms with Gasteiger partial charge in [-0.3, -0.25) is 0 Å². The predicted molar refractivity (Wildman–Crippen MR) is 93.4 cm³/mol. The quantitative estimate of drug-likeness (QED) is 0.879. The number of fused-ring (bicyclic) bond motifs is 1. The third-order valence-electron chi connectivity index (χ3n) is 4.47. The Hall–Kier alpha value is -0.610. The first kappa shape index (κ1) is 15.3. The van der Waals surface area contributed by atoms with Crippen LogP contribution in [0, 0.1) is 5.92 Å². The van der Waals surface area contributed by atoms with E-state index >= 15 is 0 Å². The Morgan fingerprint density at radius 2 is 2.05 bits per heavy atom. The Labute approximate surface area is 136 Å². The summed E-state index contributed by atoms with van der Waals surface area (Å²) in [4.78, 5) is 3.81. The van der Waals surface area contributed by atoms with Crippen LogP contribution in [0.4, 0.5) is 0 Å². The molecule has 1 aliphatic rings. The normalized spacial score (nSPS) is 17.6. The average molecular weight is 323 g/mol. The van der Waals surface area contributed by atoms with Crippen LogP contribution in [-0.4, -0.2) is 31.1 Å². The number of likely N-dealkylation sites (tertiary alicyclic amines) is 1. The van der Waals surface area contributed by atoms with Crippen molar-refractivity contribution < 1.29 is 0 Å². The third kappa shape index (κ3) is 3.59. The first-order valence-corrected chi connectivity index (χ1v) is 9.06. The summed E-state index contributed by atoms with van der Waals surface area (Å²) >= 11 is 8.29. The molecule has 0 spiro atoms. The fourth-order valence-electron chi connectivity index (χ4n) is 3.08. The highest BCUT2D eigenvalue weighted by Crippen LogP contribution is 2.35. The molecule has 1 aliphatic heterocycles. The number of hydrogen-bond donors (Lipinski definition) is 1. The van der Waals surface area contributed by atoms with Gasteiger partial charge in [-0.15, -0.1) is 11.3 Å². The number of hydrogen-bond acceptors (Lipinski definition) is 3. The summed E-state index contributed by atoms with van der Waals surface area (Å²) in [7, 11) is 0. The van der Waals surface area contributed by atoms with E-state index in [2.05, 4.69) is 41.4 Å². The molecule has 1 aromatic carbocycles. The van der Waals surface area contributed by atoms with E-state index in [0.717, 1.165) is 24.0 Å². The van der Waals surface area contributed by atoms with Gasteiger partial charge in [0.25, 0.3) is 0 Å². The predicted octanol–water partition coefficient (Wildman–Crippen LogP) is 4.38. The van der Waals surface area contributed by atoms with Gasteiger partial charge in [0.2, 0.25) is 0 Å². The molecule has 2 nitrogen and oxygen atoms in total. The van der Waals surface area contributed by atoms with Gasteiger partial charge in [-0.1, -0.05) is 36.7 Å². The minimum Gasteiger partial charge on any atom is -0.312 e. The van der Waals surface area contributed by atoms with Gasteiger partial charge in [-0.2, -0.15) is 0 Å². The molecule has 1 N–H and O–H groups in total. The van der Waals surface area contributed by atoms with Gasteiger partial charge in [-0.05, 0) is 51.0 Å². The molecule has 0 saturated carbocycles. The lowest BCUT2D eigenvalue weighted by molar-refractivity contribution is 0.190. The molecule has 1 fully saturated rings. The lowest BCUT2D eigenvalue weighted by atomic mass is 9.97. The Morgan fingerprint density at radius 3 is 2.76 bits per heavy atom. The van der Waals surface area contributed by atoms with Gasteiger partial charge in [0, 0.05) is 21.5 Å². The van der Waals surface area contributed by atoms with E-state index in [1.807, 2.05) is 11.3 Å². The Kier molecular flexibility index (Phi) is 5.17. The van der Waals surface area contributed by atoms with Gasteiger partial charge < -0.3 is 10.2 Å². The summed E-state index contributed by atoms with van der Waals surface area (Å²) < 4.78 is 1.29. The van der Waals surface area contributed by atoms with E-state index in [-0.39, 0.29) is 0 Å². The van der Waals surface area contributed by atoms with Crippen molar-refractivity contribution in [2.24, 2.45) is 5.92 Å². The van der Waals surface area contributed by atoms with Gasteiger partial charge in [-0.25, -0.2) is 0 Å². The zero-order chi connectivity index (χ0) is 14.7. The number of piperidine rings is 1. The van der Waals surface area contributed by atoms with E-state index in [4.69, 9.17) is 11.6 Å². The number of thiophene rings is 1. The molecule has 0 aliphatic carbocycles. The number of rotatable bonds is 5. The van der Waals surface area contributed by atoms with Crippen LogP contribution in [0.2, 0.25) is 5.02 Å². The molecule has 1 aromatic heterocycles. The molecule has 2 heterocycles. The fraction of sp³-hybridized carbons (Fsp3) is 0.529. The van der Waals surface area contributed by atoms with Crippen LogP contribution in [-0.2, 0) is 6.54 Å². The zero-order valence-corrected chi connectivity index (χ0v) is 14.1. The lowest BCUT2D eigenvalue weighted by Crippen LogP contribution is -2.36. The summed E-state index contributed by atoms with van der Waals surface area (Å²) in [5.74, 6) is 0.820. The highest BCUT2D eigenvalue weighted by atomic mass is 35.5. The second-order valence-corrected chi connectivity index (χ2v) is 7.36. The largest absolute Gasteiger partial charge is 0.312 e. The van der Waals surface area contributed by atoms with Crippen LogP contribution >= 0.6 is 22.9 Å². The number of benzene rings is 1. The molecule has 2 aromatic rings. The molecule has 0 unspecified atom stereocenters. The van der Waals surface area contributed by atoms with Crippen molar-refractivity contribution >= 4 is 33.0 Å². The van der Waals surface area contributed by atoms with Crippen LogP contribution in [0.1, 0.15) is 24.6 Å². The van der Waals surface area contributed by atoms with Gasteiger partial charge in [0.1, 0.15) is 0 Å². The summed E-state index contributed by atoms with van der Waals surface area (Å²) in [5, 5.41) is 5.74. The van der Waals surface area contributed by atoms with Crippen molar-refractivity contribution in [2.75, 3.05) is 26.2 Å². The summed E-state index contributed by atoms with van der Waals surface area (Å²) in [6.45, 7) is 7.97. The van der Waals surface area contributed by atoms with Crippen molar-refractivity contribution in [3.05, 3.63) is 34.2 Å². The van der Waals surface area contributed by atoms with E-state index in [1.54, 1.807) is 0 Å². The second kappa shape index (κ2) is 7.10. The maximum atomic E-state index is 6.48. The van der Waals surface area contributed by atoms with Crippen LogP contribution < -0.4 is 5.32 Å². The van der Waals surface area contributed by atoms with Crippen LogP contribution in [0.3, 0.4) is 0 Å². The van der Waals surface area contributed by atoms with Gasteiger partial charge >= 0.3 is 0 Å². The van der Waals surface area contributed by atoms with Crippen molar-refractivity contribution in [1.82, 2.24) is 10.2 Å². The molecule has 0 bridgehead atoms. The highest BCUT2D eigenvalue weighted by Gasteiger charge is 2.18. The maximum absolute atomic E-state index is 6.48. The monoisotopic (exact) mass is 322 g/mol. The minimum atomic E-state index is 0.820. The smallest absolute Gasteiger partial charge is 0.0636 e. The molecule has 0 atom stereocenters. The highest BCUT2D eigenvalue weighted by molar-refractivity contribution is 7.19. The van der Waals surface area contributed by atoms with Crippen molar-refractivity contribution in [2.45, 2.75) is 26.3 Å². The molecule has 0 amide bonds. The maximum Gasteiger partial charge on any atom is 0.0636 e. The second-order valence-electron chi connectivity index (χ2n) is 5.84. The summed E-state index contributed by atoms with van der Waals surface area (Å²) in [5.41, 5.74) is 0. The molecular formula is C17H23ClN2S. The summed E-state index contributed by atoms with van der Waals surface area (Å²) in [6.07, 6.45) is 2.64. The fourth-order valence-corrected chi connectivity index (χ4v) is 4.54. The molecule has 3 rings (SSSR count). The molecule has 0 radical (unpaired) electrons. The number of halogens is 1. The Balaban J connectivity index is 1.52. The van der Waals surface area contributed by atoms with Gasteiger partial charge in [0.05, 0.1) is 5.02 Å². The molecule has 114 valence electrons. The Bertz CT molecular complexity index is 587.